The van der Waals surface area contributed by atoms with Gasteiger partial charge in [-0.05, 0) is 30.7 Å². The molecule has 2 atom stereocenters. The van der Waals surface area contributed by atoms with E-state index >= 15 is 0 Å². The number of rotatable bonds is 0. The molecule has 2 aliphatic heterocycles. The topological polar surface area (TPSA) is 48.7 Å². The lowest BCUT2D eigenvalue weighted by molar-refractivity contribution is -0.0337. The van der Waals surface area contributed by atoms with Crippen LogP contribution in [0.25, 0.3) is 21.9 Å². The number of fused-ring (bicyclic) bond motifs is 6. The molecule has 3 heterocycles. The normalized spacial score (nSPS) is 23.2. The van der Waals surface area contributed by atoms with E-state index < -0.39 is 0 Å². The summed E-state index contributed by atoms with van der Waals surface area (Å²) in [5, 5.41) is 1.23. The van der Waals surface area contributed by atoms with Gasteiger partial charge in [-0.2, -0.15) is 0 Å². The quantitative estimate of drug-likeness (QED) is 0.593. The Kier molecular flexibility index (Phi) is 2.08. The van der Waals surface area contributed by atoms with Crippen molar-refractivity contribution in [2.24, 2.45) is 0 Å². The van der Waals surface area contributed by atoms with Crippen LogP contribution in [0.3, 0.4) is 0 Å². The molecule has 0 bridgehead atoms. The Labute approximate surface area is 119 Å². The summed E-state index contributed by atoms with van der Waals surface area (Å²) in [6, 6.07) is 11.0. The lowest BCUT2D eigenvalue weighted by atomic mass is 9.96. The summed E-state index contributed by atoms with van der Waals surface area (Å²) < 4.78 is 17.4. The second-order valence-corrected chi connectivity index (χ2v) is 5.53. The van der Waals surface area contributed by atoms with Gasteiger partial charge in [0.05, 0.1) is 23.3 Å². The zero-order valence-electron chi connectivity index (χ0n) is 11.2. The van der Waals surface area contributed by atoms with E-state index in [4.69, 9.17) is 13.9 Å². The second kappa shape index (κ2) is 3.86. The molecule has 0 spiro atoms. The Hall–Kier alpha value is -2.33. The Morgan fingerprint density at radius 3 is 2.90 bits per heavy atom. The van der Waals surface area contributed by atoms with E-state index in [1.165, 1.54) is 0 Å². The fourth-order valence-corrected chi connectivity index (χ4v) is 3.41. The zero-order chi connectivity index (χ0) is 14.0. The van der Waals surface area contributed by atoms with E-state index in [2.05, 4.69) is 0 Å². The van der Waals surface area contributed by atoms with Crippen molar-refractivity contribution >= 4 is 21.9 Å². The fraction of sp³-hybridized carbons (Fsp3) is 0.235. The van der Waals surface area contributed by atoms with Gasteiger partial charge in [0.15, 0.2) is 0 Å². The van der Waals surface area contributed by atoms with Gasteiger partial charge in [0.25, 0.3) is 0 Å². The summed E-state index contributed by atoms with van der Waals surface area (Å²) in [5.41, 5.74) is 2.26. The predicted octanol–water partition coefficient (Wildman–Crippen LogP) is 3.17. The largest absolute Gasteiger partial charge is 0.464 e. The van der Waals surface area contributed by atoms with Gasteiger partial charge in [0.2, 0.25) is 11.7 Å². The summed E-state index contributed by atoms with van der Waals surface area (Å²) in [5.74, 6) is 0.934. The van der Waals surface area contributed by atoms with E-state index in [1.807, 2.05) is 24.3 Å². The third kappa shape index (κ3) is 1.40. The van der Waals surface area contributed by atoms with Gasteiger partial charge in [0.1, 0.15) is 16.9 Å². The average molecular weight is 280 g/mol. The smallest absolute Gasteiger partial charge is 0.207 e. The summed E-state index contributed by atoms with van der Waals surface area (Å²) in [7, 11) is 0. The van der Waals surface area contributed by atoms with Gasteiger partial charge in [-0.25, -0.2) is 0 Å². The highest BCUT2D eigenvalue weighted by molar-refractivity contribution is 5.92. The van der Waals surface area contributed by atoms with Crippen molar-refractivity contribution in [1.82, 2.24) is 0 Å². The molecule has 0 saturated carbocycles. The van der Waals surface area contributed by atoms with Crippen molar-refractivity contribution in [3.05, 3.63) is 52.2 Å². The molecule has 21 heavy (non-hydrogen) atoms. The van der Waals surface area contributed by atoms with Crippen LogP contribution in [0.4, 0.5) is 0 Å². The second-order valence-electron chi connectivity index (χ2n) is 5.53. The lowest BCUT2D eigenvalue weighted by Gasteiger charge is -2.07. The minimum Gasteiger partial charge on any atom is -0.464 e. The maximum Gasteiger partial charge on any atom is 0.207 e. The minimum absolute atomic E-state index is 0.0111. The predicted molar refractivity (Wildman–Crippen MR) is 77.7 cm³/mol. The van der Waals surface area contributed by atoms with Crippen molar-refractivity contribution in [2.75, 3.05) is 6.61 Å². The van der Waals surface area contributed by atoms with Crippen LogP contribution >= 0.6 is 0 Å². The standard InChI is InChI=1S/C17H12O4/c18-15-9-3-1-2-4-12(9)20-16-11(15)5-6-13-14(16)10-7-8-19-17(10)21-13/h1-6,10,17H,7-8H2. The van der Waals surface area contributed by atoms with Crippen LogP contribution in [0.2, 0.25) is 0 Å². The number of para-hydroxylation sites is 1. The molecule has 3 aromatic rings. The Morgan fingerprint density at radius 2 is 1.95 bits per heavy atom. The SMILES string of the molecule is O=c1c2ccccc2oc2c3c(ccc12)OC1OCCC31. The monoisotopic (exact) mass is 280 g/mol. The highest BCUT2D eigenvalue weighted by Crippen LogP contribution is 2.47. The molecule has 0 amide bonds. The summed E-state index contributed by atoms with van der Waals surface area (Å²) in [6.07, 6.45) is 0.662. The van der Waals surface area contributed by atoms with Crippen LogP contribution < -0.4 is 10.2 Å². The molecule has 1 fully saturated rings. The zero-order valence-corrected chi connectivity index (χ0v) is 11.2. The maximum absolute atomic E-state index is 12.6. The summed E-state index contributed by atoms with van der Waals surface area (Å²) in [6.45, 7) is 0.684. The first-order valence-electron chi connectivity index (χ1n) is 7.09. The lowest BCUT2D eigenvalue weighted by Crippen LogP contribution is -2.13. The van der Waals surface area contributed by atoms with E-state index in [0.29, 0.717) is 28.5 Å². The summed E-state index contributed by atoms with van der Waals surface area (Å²) in [4.78, 5) is 12.6. The molecule has 0 radical (unpaired) electrons. The fourth-order valence-electron chi connectivity index (χ4n) is 3.41. The number of ether oxygens (including phenoxy) is 2. The van der Waals surface area contributed by atoms with Crippen molar-refractivity contribution in [3.63, 3.8) is 0 Å². The average Bonchev–Trinajstić information content (AvgIpc) is 3.07. The van der Waals surface area contributed by atoms with Gasteiger partial charge in [-0.1, -0.05) is 12.1 Å². The Balaban J connectivity index is 1.94. The maximum atomic E-state index is 12.6. The number of hydrogen-bond acceptors (Lipinski definition) is 4. The van der Waals surface area contributed by atoms with Gasteiger partial charge < -0.3 is 13.9 Å². The third-order valence-electron chi connectivity index (χ3n) is 4.40. The molecule has 1 saturated heterocycles. The first-order chi connectivity index (χ1) is 10.3. The molecular weight excluding hydrogens is 268 g/mol. The Morgan fingerprint density at radius 1 is 1.05 bits per heavy atom. The molecule has 5 rings (SSSR count). The van der Waals surface area contributed by atoms with Gasteiger partial charge >= 0.3 is 0 Å². The van der Waals surface area contributed by atoms with Gasteiger partial charge in [-0.3, -0.25) is 4.79 Å². The first kappa shape index (κ1) is 11.3. The number of hydrogen-bond donors (Lipinski definition) is 0. The van der Waals surface area contributed by atoms with Crippen molar-refractivity contribution in [3.8, 4) is 5.75 Å². The molecule has 104 valence electrons. The number of benzene rings is 2. The molecule has 1 aromatic heterocycles. The highest BCUT2D eigenvalue weighted by atomic mass is 16.7. The Bertz CT molecular complexity index is 941. The van der Waals surface area contributed by atoms with E-state index in [0.717, 1.165) is 17.7 Å². The van der Waals surface area contributed by atoms with E-state index in [9.17, 15) is 4.79 Å². The minimum atomic E-state index is -0.234. The molecule has 2 aromatic carbocycles. The molecule has 0 N–H and O–H groups in total. The van der Waals surface area contributed by atoms with Crippen LogP contribution in [-0.4, -0.2) is 12.9 Å². The van der Waals surface area contributed by atoms with Crippen LogP contribution in [-0.2, 0) is 4.74 Å². The molecule has 2 unspecified atom stereocenters. The van der Waals surface area contributed by atoms with E-state index in [-0.39, 0.29) is 17.6 Å². The summed E-state index contributed by atoms with van der Waals surface area (Å²) >= 11 is 0. The van der Waals surface area contributed by atoms with Crippen LogP contribution in [0.15, 0.2) is 45.6 Å². The van der Waals surface area contributed by atoms with Crippen LogP contribution in [0.5, 0.6) is 5.75 Å². The molecule has 2 aliphatic rings. The molecule has 0 aliphatic carbocycles. The van der Waals surface area contributed by atoms with E-state index in [1.54, 1.807) is 12.1 Å². The third-order valence-corrected chi connectivity index (χ3v) is 4.40. The van der Waals surface area contributed by atoms with Gasteiger partial charge in [-0.15, -0.1) is 0 Å². The van der Waals surface area contributed by atoms with Crippen molar-refractivity contribution < 1.29 is 13.9 Å². The first-order valence-corrected chi connectivity index (χ1v) is 7.09. The molecule has 4 heteroatoms. The van der Waals surface area contributed by atoms with Gasteiger partial charge in [0, 0.05) is 5.56 Å². The molecular formula is C17H12O4. The van der Waals surface area contributed by atoms with Crippen molar-refractivity contribution in [2.45, 2.75) is 18.6 Å². The molecule has 4 nitrogen and oxygen atoms in total. The van der Waals surface area contributed by atoms with Crippen molar-refractivity contribution in [1.29, 1.82) is 0 Å². The van der Waals surface area contributed by atoms with Crippen LogP contribution in [0.1, 0.15) is 17.9 Å². The highest BCUT2D eigenvalue weighted by Gasteiger charge is 2.41. The van der Waals surface area contributed by atoms with Crippen LogP contribution in [0, 0.1) is 0 Å².